The molecule has 0 fully saturated rings. The molecule has 1 amide bonds. The van der Waals surface area contributed by atoms with Gasteiger partial charge in [0.2, 0.25) is 5.91 Å². The Labute approximate surface area is 179 Å². The normalized spacial score (nSPS) is 11.7. The number of ether oxygens (including phenoxy) is 1. The van der Waals surface area contributed by atoms with Crippen LogP contribution in [0.5, 0.6) is 0 Å². The molecule has 1 aromatic carbocycles. The van der Waals surface area contributed by atoms with Gasteiger partial charge >= 0.3 is 5.97 Å². The molecule has 160 valence electrons. The summed E-state index contributed by atoms with van der Waals surface area (Å²) in [6, 6.07) is 8.79. The number of hydrogen-bond donors (Lipinski definition) is 3. The lowest BCUT2D eigenvalue weighted by molar-refractivity contribution is -0.145. The third-order valence-electron chi connectivity index (χ3n) is 5.44. The van der Waals surface area contributed by atoms with Crippen LogP contribution in [0.15, 0.2) is 35.3 Å². The van der Waals surface area contributed by atoms with Crippen LogP contribution in [0.1, 0.15) is 34.4 Å². The molecule has 3 N–H and O–H groups in total. The van der Waals surface area contributed by atoms with Crippen molar-refractivity contribution in [1.29, 1.82) is 5.26 Å². The third kappa shape index (κ3) is 4.67. The molecule has 0 saturated heterocycles. The number of pyridine rings is 1. The Morgan fingerprint density at radius 1 is 1.26 bits per heavy atom. The average molecular weight is 420 g/mol. The zero-order chi connectivity index (χ0) is 22.5. The second-order valence-corrected chi connectivity index (χ2v) is 7.38. The van der Waals surface area contributed by atoms with Crippen molar-refractivity contribution in [2.45, 2.75) is 39.2 Å². The molecule has 3 aromatic rings. The monoisotopic (exact) mass is 420 g/mol. The van der Waals surface area contributed by atoms with E-state index in [4.69, 9.17) is 4.74 Å². The van der Waals surface area contributed by atoms with E-state index in [1.54, 1.807) is 13.8 Å². The summed E-state index contributed by atoms with van der Waals surface area (Å²) in [5.41, 5.74) is 3.40. The number of hydrogen-bond acceptors (Lipinski definition) is 5. The number of nitrogens with zero attached hydrogens (tertiary/aromatic N) is 1. The van der Waals surface area contributed by atoms with E-state index in [0.29, 0.717) is 17.7 Å². The number of amides is 1. The molecule has 0 aliphatic heterocycles. The van der Waals surface area contributed by atoms with Gasteiger partial charge in [-0.05, 0) is 43.0 Å². The predicted octanol–water partition coefficient (Wildman–Crippen LogP) is 2.18. The zero-order valence-electron chi connectivity index (χ0n) is 17.7. The van der Waals surface area contributed by atoms with E-state index in [-0.39, 0.29) is 24.3 Å². The molecule has 3 rings (SSSR count). The lowest BCUT2D eigenvalue weighted by atomic mass is 9.98. The number of nitriles is 1. The van der Waals surface area contributed by atoms with Crippen LogP contribution < -0.4 is 10.9 Å². The maximum absolute atomic E-state index is 12.6. The Morgan fingerprint density at radius 3 is 2.71 bits per heavy atom. The number of aromatic nitrogens is 2. The smallest absolute Gasteiger partial charge is 0.328 e. The van der Waals surface area contributed by atoms with Crippen molar-refractivity contribution in [3.8, 4) is 6.07 Å². The fraction of sp³-hybridized carbons (Fsp3) is 0.304. The van der Waals surface area contributed by atoms with E-state index < -0.39 is 17.6 Å². The lowest BCUT2D eigenvalue weighted by Crippen LogP contribution is -2.43. The fourth-order valence-corrected chi connectivity index (χ4v) is 3.78. The van der Waals surface area contributed by atoms with Crippen molar-refractivity contribution in [2.75, 3.05) is 7.11 Å². The van der Waals surface area contributed by atoms with Gasteiger partial charge in [0.25, 0.3) is 5.56 Å². The van der Waals surface area contributed by atoms with Gasteiger partial charge in [-0.15, -0.1) is 0 Å². The van der Waals surface area contributed by atoms with Gasteiger partial charge in [0.1, 0.15) is 17.7 Å². The molecular formula is C23H24N4O4. The number of aromatic amines is 2. The van der Waals surface area contributed by atoms with Gasteiger partial charge in [0, 0.05) is 35.6 Å². The number of para-hydroxylation sites is 1. The molecule has 8 nitrogen and oxygen atoms in total. The first kappa shape index (κ1) is 21.8. The summed E-state index contributed by atoms with van der Waals surface area (Å²) in [5.74, 6) is -0.847. The van der Waals surface area contributed by atoms with Gasteiger partial charge in [0.15, 0.2) is 0 Å². The van der Waals surface area contributed by atoms with Crippen LogP contribution in [-0.2, 0) is 27.2 Å². The minimum Gasteiger partial charge on any atom is -0.467 e. The molecule has 0 spiro atoms. The first-order chi connectivity index (χ1) is 14.8. The van der Waals surface area contributed by atoms with Crippen LogP contribution >= 0.6 is 0 Å². The minimum atomic E-state index is -0.829. The number of benzene rings is 1. The maximum Gasteiger partial charge on any atom is 0.328 e. The van der Waals surface area contributed by atoms with Gasteiger partial charge in [-0.25, -0.2) is 4.79 Å². The van der Waals surface area contributed by atoms with E-state index >= 15 is 0 Å². The lowest BCUT2D eigenvalue weighted by Gasteiger charge is -2.17. The summed E-state index contributed by atoms with van der Waals surface area (Å²) in [4.78, 5) is 42.6. The maximum atomic E-state index is 12.6. The summed E-state index contributed by atoms with van der Waals surface area (Å²) in [6.07, 6.45) is 2.54. The summed E-state index contributed by atoms with van der Waals surface area (Å²) in [7, 11) is 1.28. The van der Waals surface area contributed by atoms with Crippen molar-refractivity contribution < 1.29 is 14.3 Å². The number of carbonyl (C=O) groups excluding carboxylic acids is 2. The summed E-state index contributed by atoms with van der Waals surface area (Å²) >= 11 is 0. The molecule has 2 heterocycles. The van der Waals surface area contributed by atoms with Crippen LogP contribution in [0.4, 0.5) is 0 Å². The second kappa shape index (κ2) is 9.30. The van der Waals surface area contributed by atoms with Crippen molar-refractivity contribution in [1.82, 2.24) is 15.3 Å². The van der Waals surface area contributed by atoms with E-state index in [9.17, 15) is 19.6 Å². The van der Waals surface area contributed by atoms with Gasteiger partial charge in [-0.3, -0.25) is 9.59 Å². The van der Waals surface area contributed by atoms with Gasteiger partial charge in [-0.2, -0.15) is 5.26 Å². The number of fused-ring (bicyclic) bond motifs is 1. The number of esters is 1. The Bertz CT molecular complexity index is 1230. The molecule has 1 atom stereocenters. The van der Waals surface area contributed by atoms with Crippen LogP contribution in [0.3, 0.4) is 0 Å². The predicted molar refractivity (Wildman–Crippen MR) is 116 cm³/mol. The molecule has 0 radical (unpaired) electrons. The van der Waals surface area contributed by atoms with Gasteiger partial charge < -0.3 is 20.0 Å². The highest BCUT2D eigenvalue weighted by atomic mass is 16.5. The van der Waals surface area contributed by atoms with E-state index in [0.717, 1.165) is 22.0 Å². The Hall–Kier alpha value is -3.86. The third-order valence-corrected chi connectivity index (χ3v) is 5.44. The highest BCUT2D eigenvalue weighted by molar-refractivity contribution is 5.87. The van der Waals surface area contributed by atoms with E-state index in [1.165, 1.54) is 7.11 Å². The molecule has 0 bridgehead atoms. The Morgan fingerprint density at radius 2 is 2.00 bits per heavy atom. The van der Waals surface area contributed by atoms with Crippen molar-refractivity contribution >= 4 is 22.8 Å². The summed E-state index contributed by atoms with van der Waals surface area (Å²) < 4.78 is 4.88. The minimum absolute atomic E-state index is 0.0489. The number of aryl methyl sites for hydroxylation is 1. The highest BCUT2D eigenvalue weighted by Crippen LogP contribution is 2.20. The van der Waals surface area contributed by atoms with E-state index in [2.05, 4.69) is 15.3 Å². The topological polar surface area (TPSA) is 128 Å². The molecule has 0 unspecified atom stereocenters. The van der Waals surface area contributed by atoms with Gasteiger partial charge in [0.05, 0.1) is 7.11 Å². The van der Waals surface area contributed by atoms with Gasteiger partial charge in [-0.1, -0.05) is 18.2 Å². The molecule has 31 heavy (non-hydrogen) atoms. The zero-order valence-corrected chi connectivity index (χ0v) is 17.7. The molecule has 0 aliphatic carbocycles. The van der Waals surface area contributed by atoms with E-state index in [1.807, 2.05) is 36.5 Å². The number of carbonyl (C=O) groups is 2. The molecule has 0 saturated carbocycles. The first-order valence-corrected chi connectivity index (χ1v) is 9.90. The number of H-pyrrole nitrogens is 2. The molecule has 8 heteroatoms. The number of nitrogens with one attached hydrogen (secondary N) is 3. The number of methoxy groups -OCH3 is 1. The summed E-state index contributed by atoms with van der Waals surface area (Å²) in [5, 5.41) is 12.9. The SMILES string of the molecule is COC(=O)[C@H](Cc1c[nH]c2ccccc12)NC(=O)CCc1c(C)[nH]c(=O)c(C#N)c1C. The Balaban J connectivity index is 1.73. The van der Waals surface area contributed by atoms with Crippen LogP contribution in [-0.4, -0.2) is 35.0 Å². The second-order valence-electron chi connectivity index (χ2n) is 7.38. The average Bonchev–Trinajstić information content (AvgIpc) is 3.15. The number of rotatable bonds is 7. The van der Waals surface area contributed by atoms with Crippen LogP contribution in [0.25, 0.3) is 10.9 Å². The largest absolute Gasteiger partial charge is 0.467 e. The first-order valence-electron chi connectivity index (χ1n) is 9.90. The van der Waals surface area contributed by atoms with Crippen molar-refractivity contribution in [3.05, 3.63) is 68.8 Å². The van der Waals surface area contributed by atoms with Crippen LogP contribution in [0.2, 0.25) is 0 Å². The molecule has 2 aromatic heterocycles. The van der Waals surface area contributed by atoms with Crippen molar-refractivity contribution in [3.63, 3.8) is 0 Å². The Kier molecular flexibility index (Phi) is 6.55. The molecular weight excluding hydrogens is 396 g/mol. The van der Waals surface area contributed by atoms with Crippen LogP contribution in [0, 0.1) is 25.2 Å². The molecule has 0 aliphatic rings. The summed E-state index contributed by atoms with van der Waals surface area (Å²) in [6.45, 7) is 3.43. The quantitative estimate of drug-likeness (QED) is 0.505. The standard InChI is InChI=1S/C23H24N4O4/c1-13-16(14(2)26-22(29)18(13)11-24)8-9-21(28)27-20(23(30)31-3)10-15-12-25-19-7-5-4-6-17(15)19/h4-7,12,20,25H,8-10H2,1-3H3,(H,26,29)(H,27,28)/t20-/m0/s1. The van der Waals surface area contributed by atoms with Crippen molar-refractivity contribution in [2.24, 2.45) is 0 Å². The highest BCUT2D eigenvalue weighted by Gasteiger charge is 2.23. The fourth-order valence-electron chi connectivity index (χ4n) is 3.78.